The summed E-state index contributed by atoms with van der Waals surface area (Å²) >= 11 is 0. The number of anilines is 1. The largest absolute Gasteiger partial charge is 0.497 e. The molecule has 0 saturated carbocycles. The number of ether oxygens (including phenoxy) is 1. The fourth-order valence-corrected chi connectivity index (χ4v) is 1.84. The zero-order valence-electron chi connectivity index (χ0n) is 11.1. The lowest BCUT2D eigenvalue weighted by Crippen LogP contribution is -2.08. The first-order chi connectivity index (χ1) is 8.70. The first kappa shape index (κ1) is 12.5. The van der Waals surface area contributed by atoms with Crippen LogP contribution in [-0.2, 0) is 6.54 Å². The maximum Gasteiger partial charge on any atom is 0.119 e. The topological polar surface area (TPSA) is 39.1 Å². The van der Waals surface area contributed by atoms with Gasteiger partial charge in [-0.15, -0.1) is 0 Å². The van der Waals surface area contributed by atoms with Crippen molar-refractivity contribution in [2.45, 2.75) is 26.4 Å². The van der Waals surface area contributed by atoms with E-state index in [0.717, 1.165) is 18.0 Å². The van der Waals surface area contributed by atoms with Crippen LogP contribution in [0.1, 0.15) is 25.6 Å². The third-order valence-corrected chi connectivity index (χ3v) is 2.87. The smallest absolute Gasteiger partial charge is 0.119 e. The fourth-order valence-electron chi connectivity index (χ4n) is 1.84. The first-order valence-electron chi connectivity index (χ1n) is 6.09. The van der Waals surface area contributed by atoms with Crippen LogP contribution < -0.4 is 10.1 Å². The average Bonchev–Trinajstić information content (AvgIpc) is 2.85. The van der Waals surface area contributed by atoms with Gasteiger partial charge in [-0.05, 0) is 38.1 Å². The number of rotatable bonds is 5. The Morgan fingerprint density at radius 2 is 2.00 bits per heavy atom. The van der Waals surface area contributed by atoms with Crippen molar-refractivity contribution in [1.29, 1.82) is 0 Å². The number of aromatic nitrogens is 2. The van der Waals surface area contributed by atoms with Gasteiger partial charge in [0.05, 0.1) is 25.7 Å². The zero-order valence-corrected chi connectivity index (χ0v) is 11.1. The molecule has 0 amide bonds. The van der Waals surface area contributed by atoms with Crippen LogP contribution >= 0.6 is 0 Å². The van der Waals surface area contributed by atoms with E-state index in [-0.39, 0.29) is 0 Å². The molecule has 0 spiro atoms. The lowest BCUT2D eigenvalue weighted by atomic mass is 10.3. The van der Waals surface area contributed by atoms with Gasteiger partial charge in [-0.2, -0.15) is 0 Å². The van der Waals surface area contributed by atoms with Crippen molar-refractivity contribution >= 4 is 5.69 Å². The SMILES string of the molecule is COc1ccc(NCc2cncn2C(C)C)cc1. The normalized spacial score (nSPS) is 10.7. The molecule has 1 aromatic carbocycles. The summed E-state index contributed by atoms with van der Waals surface area (Å²) in [5, 5.41) is 3.38. The maximum atomic E-state index is 5.13. The Morgan fingerprint density at radius 1 is 1.28 bits per heavy atom. The first-order valence-corrected chi connectivity index (χ1v) is 6.09. The molecule has 2 aromatic rings. The third kappa shape index (κ3) is 2.83. The molecule has 4 heteroatoms. The average molecular weight is 245 g/mol. The van der Waals surface area contributed by atoms with Crippen molar-refractivity contribution in [2.24, 2.45) is 0 Å². The minimum Gasteiger partial charge on any atom is -0.497 e. The highest BCUT2D eigenvalue weighted by Gasteiger charge is 2.04. The number of methoxy groups -OCH3 is 1. The van der Waals surface area contributed by atoms with Crippen LogP contribution in [0.2, 0.25) is 0 Å². The van der Waals surface area contributed by atoms with Crippen molar-refractivity contribution in [3.8, 4) is 5.75 Å². The van der Waals surface area contributed by atoms with Crippen LogP contribution in [0.25, 0.3) is 0 Å². The summed E-state index contributed by atoms with van der Waals surface area (Å²) in [5.41, 5.74) is 2.26. The van der Waals surface area contributed by atoms with E-state index in [4.69, 9.17) is 4.74 Å². The van der Waals surface area contributed by atoms with E-state index in [1.54, 1.807) is 7.11 Å². The molecule has 0 fully saturated rings. The lowest BCUT2D eigenvalue weighted by molar-refractivity contribution is 0.415. The molecule has 96 valence electrons. The number of hydrogen-bond acceptors (Lipinski definition) is 3. The van der Waals surface area contributed by atoms with E-state index in [0.29, 0.717) is 6.04 Å². The lowest BCUT2D eigenvalue weighted by Gasteiger charge is -2.13. The number of benzene rings is 1. The molecule has 0 unspecified atom stereocenters. The molecular formula is C14H19N3O. The molecule has 1 aromatic heterocycles. The maximum absolute atomic E-state index is 5.13. The van der Waals surface area contributed by atoms with Crippen LogP contribution in [0.4, 0.5) is 5.69 Å². The molecule has 0 atom stereocenters. The summed E-state index contributed by atoms with van der Waals surface area (Å²) < 4.78 is 7.29. The standard InChI is InChI=1S/C14H19N3O/c1-11(2)17-10-15-8-13(17)9-16-12-4-6-14(18-3)7-5-12/h4-8,10-11,16H,9H2,1-3H3. The van der Waals surface area contributed by atoms with Crippen molar-refractivity contribution in [2.75, 3.05) is 12.4 Å². The van der Waals surface area contributed by atoms with E-state index in [1.807, 2.05) is 36.8 Å². The monoisotopic (exact) mass is 245 g/mol. The van der Waals surface area contributed by atoms with E-state index in [2.05, 4.69) is 28.7 Å². The molecule has 0 bridgehead atoms. The molecule has 0 aliphatic carbocycles. The summed E-state index contributed by atoms with van der Waals surface area (Å²) in [7, 11) is 1.67. The minimum absolute atomic E-state index is 0.431. The summed E-state index contributed by atoms with van der Waals surface area (Å²) in [4.78, 5) is 4.19. The molecule has 2 rings (SSSR count). The molecule has 0 aliphatic rings. The van der Waals surface area contributed by atoms with Crippen LogP contribution in [0.3, 0.4) is 0 Å². The summed E-state index contributed by atoms with van der Waals surface area (Å²) in [5.74, 6) is 0.868. The fraction of sp³-hybridized carbons (Fsp3) is 0.357. The second-order valence-electron chi connectivity index (χ2n) is 4.47. The number of nitrogens with one attached hydrogen (secondary N) is 1. The van der Waals surface area contributed by atoms with Gasteiger partial charge in [0.25, 0.3) is 0 Å². The highest BCUT2D eigenvalue weighted by atomic mass is 16.5. The summed E-state index contributed by atoms with van der Waals surface area (Å²) in [6.45, 7) is 5.07. The number of nitrogens with zero attached hydrogens (tertiary/aromatic N) is 2. The van der Waals surface area contributed by atoms with Crippen LogP contribution in [0.5, 0.6) is 5.75 Å². The van der Waals surface area contributed by atoms with Crippen molar-refractivity contribution < 1.29 is 4.74 Å². The Morgan fingerprint density at radius 3 is 2.61 bits per heavy atom. The zero-order chi connectivity index (χ0) is 13.0. The Balaban J connectivity index is 2.00. The van der Waals surface area contributed by atoms with Crippen molar-refractivity contribution in [1.82, 2.24) is 9.55 Å². The van der Waals surface area contributed by atoms with Crippen molar-refractivity contribution in [3.05, 3.63) is 42.5 Å². The quantitative estimate of drug-likeness (QED) is 0.879. The second-order valence-corrected chi connectivity index (χ2v) is 4.47. The van der Waals surface area contributed by atoms with Crippen LogP contribution in [0.15, 0.2) is 36.8 Å². The van der Waals surface area contributed by atoms with Gasteiger partial charge in [0.1, 0.15) is 5.75 Å². The predicted molar refractivity (Wildman–Crippen MR) is 72.9 cm³/mol. The molecule has 4 nitrogen and oxygen atoms in total. The molecule has 1 N–H and O–H groups in total. The van der Waals surface area contributed by atoms with Gasteiger partial charge in [-0.25, -0.2) is 4.98 Å². The van der Waals surface area contributed by atoms with Crippen LogP contribution in [-0.4, -0.2) is 16.7 Å². The van der Waals surface area contributed by atoms with Gasteiger partial charge in [0, 0.05) is 17.9 Å². The van der Waals surface area contributed by atoms with Gasteiger partial charge in [0.2, 0.25) is 0 Å². The number of imidazole rings is 1. The Bertz CT molecular complexity index is 488. The Labute approximate surface area is 108 Å². The van der Waals surface area contributed by atoms with E-state index in [1.165, 1.54) is 5.69 Å². The summed E-state index contributed by atoms with van der Waals surface area (Å²) in [6, 6.07) is 8.34. The van der Waals surface area contributed by atoms with E-state index < -0.39 is 0 Å². The second kappa shape index (κ2) is 5.58. The third-order valence-electron chi connectivity index (χ3n) is 2.87. The van der Waals surface area contributed by atoms with Crippen molar-refractivity contribution in [3.63, 3.8) is 0 Å². The Kier molecular flexibility index (Phi) is 3.87. The van der Waals surface area contributed by atoms with Gasteiger partial charge in [0.15, 0.2) is 0 Å². The molecule has 1 heterocycles. The molecule has 0 saturated heterocycles. The number of hydrogen-bond donors (Lipinski definition) is 1. The highest BCUT2D eigenvalue weighted by molar-refractivity contribution is 5.46. The molecule has 0 aliphatic heterocycles. The molecule has 18 heavy (non-hydrogen) atoms. The minimum atomic E-state index is 0.431. The Hall–Kier alpha value is -1.97. The predicted octanol–water partition coefficient (Wildman–Crippen LogP) is 3.08. The summed E-state index contributed by atoms with van der Waals surface area (Å²) in [6.07, 6.45) is 3.77. The van der Waals surface area contributed by atoms with Crippen LogP contribution in [0, 0.1) is 0 Å². The molecular weight excluding hydrogens is 226 g/mol. The van der Waals surface area contributed by atoms with E-state index in [9.17, 15) is 0 Å². The van der Waals surface area contributed by atoms with E-state index >= 15 is 0 Å². The van der Waals surface area contributed by atoms with Gasteiger partial charge < -0.3 is 14.6 Å². The van der Waals surface area contributed by atoms with Gasteiger partial charge in [-0.3, -0.25) is 0 Å². The molecule has 0 radical (unpaired) electrons. The highest BCUT2D eigenvalue weighted by Crippen LogP contribution is 2.16. The van der Waals surface area contributed by atoms with Gasteiger partial charge in [-0.1, -0.05) is 0 Å². The van der Waals surface area contributed by atoms with Gasteiger partial charge >= 0.3 is 0 Å².